The maximum absolute atomic E-state index is 6.47. The Balaban J connectivity index is 2.40. The minimum Gasteiger partial charge on any atom is -0.496 e. The smallest absolute Gasteiger partial charge is 0.265 e. The van der Waals surface area contributed by atoms with Gasteiger partial charge in [0.05, 0.1) is 40.7 Å². The van der Waals surface area contributed by atoms with Gasteiger partial charge in [-0.05, 0) is 37.5 Å². The molecular formula is C26H42N2O6Si. The summed E-state index contributed by atoms with van der Waals surface area (Å²) in [6.07, 6.45) is 0.884. The largest absolute Gasteiger partial charge is 0.496 e. The van der Waals surface area contributed by atoms with Crippen LogP contribution in [0.4, 0.5) is 5.69 Å². The van der Waals surface area contributed by atoms with Crippen LogP contribution in [0.5, 0.6) is 34.6 Å². The first kappa shape index (κ1) is 28.6. The fourth-order valence-corrected chi connectivity index (χ4v) is 4.24. The molecule has 0 amide bonds. The topological polar surface area (TPSA) is 80.3 Å². The highest BCUT2D eigenvalue weighted by Gasteiger charge is 2.37. The van der Waals surface area contributed by atoms with Crippen LogP contribution in [0, 0.1) is 6.92 Å². The van der Waals surface area contributed by atoms with Gasteiger partial charge in [-0.3, -0.25) is 0 Å². The summed E-state index contributed by atoms with van der Waals surface area (Å²) in [6, 6.07) is 5.50. The molecule has 0 saturated carbocycles. The number of hydrogen-bond donors (Lipinski definition) is 1. The van der Waals surface area contributed by atoms with Gasteiger partial charge < -0.3 is 33.4 Å². The van der Waals surface area contributed by atoms with Gasteiger partial charge in [-0.15, -0.1) is 0 Å². The highest BCUT2D eigenvalue weighted by Crippen LogP contribution is 2.46. The highest BCUT2D eigenvalue weighted by atomic mass is 28.4. The molecule has 0 fully saturated rings. The van der Waals surface area contributed by atoms with Crippen molar-refractivity contribution in [3.8, 4) is 34.6 Å². The van der Waals surface area contributed by atoms with E-state index >= 15 is 0 Å². The van der Waals surface area contributed by atoms with E-state index in [1.54, 1.807) is 40.6 Å². The van der Waals surface area contributed by atoms with E-state index in [2.05, 4.69) is 51.1 Å². The van der Waals surface area contributed by atoms with Crippen molar-refractivity contribution in [2.24, 2.45) is 0 Å². The first-order chi connectivity index (χ1) is 16.4. The van der Waals surface area contributed by atoms with Crippen LogP contribution in [0.2, 0.25) is 18.1 Å². The van der Waals surface area contributed by atoms with Crippen LogP contribution in [-0.2, 0) is 4.43 Å². The zero-order valence-electron chi connectivity index (χ0n) is 23.1. The molecule has 0 saturated heterocycles. The number of rotatable bonds is 12. The number of ether oxygens (including phenoxy) is 5. The third-order valence-electron chi connectivity index (χ3n) is 6.45. The summed E-state index contributed by atoms with van der Waals surface area (Å²) in [6.45, 7) is 15.9. The Hall–Kier alpha value is -2.65. The van der Waals surface area contributed by atoms with E-state index < -0.39 is 8.32 Å². The lowest BCUT2D eigenvalue weighted by Crippen LogP contribution is -2.43. The molecule has 1 heterocycles. The van der Waals surface area contributed by atoms with Crippen molar-refractivity contribution in [1.29, 1.82) is 0 Å². The first-order valence-corrected chi connectivity index (χ1v) is 14.8. The van der Waals surface area contributed by atoms with Crippen LogP contribution in [-0.4, -0.2) is 54.4 Å². The predicted molar refractivity (Wildman–Crippen MR) is 143 cm³/mol. The fraction of sp³-hybridized carbons (Fsp3) is 0.577. The number of aryl methyl sites for hydroxylation is 1. The van der Waals surface area contributed by atoms with Crippen molar-refractivity contribution in [3.05, 3.63) is 23.9 Å². The summed E-state index contributed by atoms with van der Waals surface area (Å²) in [5, 5.41) is 3.73. The molecule has 35 heavy (non-hydrogen) atoms. The number of anilines is 1. The number of nitrogens with one attached hydrogen (secondary N) is 1. The molecule has 1 atom stereocenters. The lowest BCUT2D eigenvalue weighted by Gasteiger charge is -2.37. The van der Waals surface area contributed by atoms with Gasteiger partial charge >= 0.3 is 0 Å². The number of hydrogen-bond acceptors (Lipinski definition) is 8. The van der Waals surface area contributed by atoms with Crippen molar-refractivity contribution in [1.82, 2.24) is 4.98 Å². The second-order valence-electron chi connectivity index (χ2n) is 9.93. The zero-order valence-corrected chi connectivity index (χ0v) is 24.1. The molecule has 0 radical (unpaired) electrons. The average molecular weight is 507 g/mol. The number of benzene rings is 1. The predicted octanol–water partition coefficient (Wildman–Crippen LogP) is 6.43. The average Bonchev–Trinajstić information content (AvgIpc) is 2.80. The Labute approximate surface area is 211 Å². The second-order valence-corrected chi connectivity index (χ2v) is 14.7. The lowest BCUT2D eigenvalue weighted by atomic mass is 10.2. The number of nitrogens with zero attached hydrogens (tertiary/aromatic N) is 1. The Morgan fingerprint density at radius 1 is 0.914 bits per heavy atom. The summed E-state index contributed by atoms with van der Waals surface area (Å²) >= 11 is 0. The molecule has 0 bridgehead atoms. The molecule has 0 aliphatic carbocycles. The molecule has 0 aliphatic heterocycles. The van der Waals surface area contributed by atoms with Gasteiger partial charge in [0.25, 0.3) is 5.88 Å². The standard InChI is InChI=1S/C26H42N2O6Si/c1-12-18(16-33-35(10,11)26(3,4)5)28-20-13-17(2)27-25(23(20)32-9)34-24-21(30-7)14-19(29-6)15-22(24)31-8/h13-15,18H,12,16H2,1-11H3,(H,27,28). The van der Waals surface area contributed by atoms with Crippen LogP contribution in [0.1, 0.15) is 39.8 Å². The molecular weight excluding hydrogens is 464 g/mol. The summed E-state index contributed by atoms with van der Waals surface area (Å²) in [4.78, 5) is 4.59. The van der Waals surface area contributed by atoms with Gasteiger partial charge in [0, 0.05) is 23.9 Å². The molecule has 196 valence electrons. The van der Waals surface area contributed by atoms with Crippen LogP contribution in [0.3, 0.4) is 0 Å². The van der Waals surface area contributed by atoms with E-state index in [0.29, 0.717) is 41.2 Å². The van der Waals surface area contributed by atoms with Gasteiger partial charge in [-0.25, -0.2) is 4.98 Å². The number of aromatic nitrogens is 1. The maximum Gasteiger partial charge on any atom is 0.265 e. The van der Waals surface area contributed by atoms with Gasteiger partial charge in [-0.1, -0.05) is 27.7 Å². The molecule has 2 aromatic rings. The minimum atomic E-state index is -1.87. The number of pyridine rings is 1. The van der Waals surface area contributed by atoms with Crippen LogP contribution in [0.25, 0.3) is 0 Å². The van der Waals surface area contributed by atoms with Crippen LogP contribution in [0.15, 0.2) is 18.2 Å². The van der Waals surface area contributed by atoms with Crippen molar-refractivity contribution in [2.75, 3.05) is 40.4 Å². The molecule has 2 rings (SSSR count). The highest BCUT2D eigenvalue weighted by molar-refractivity contribution is 6.74. The Morgan fingerprint density at radius 2 is 1.51 bits per heavy atom. The van der Waals surface area contributed by atoms with Crippen molar-refractivity contribution in [2.45, 2.75) is 65.2 Å². The summed E-state index contributed by atoms with van der Waals surface area (Å²) < 4.78 is 34.9. The Kier molecular flexibility index (Phi) is 9.68. The lowest BCUT2D eigenvalue weighted by molar-refractivity contribution is 0.267. The molecule has 1 N–H and O–H groups in total. The van der Waals surface area contributed by atoms with Gasteiger partial charge in [-0.2, -0.15) is 0 Å². The van der Waals surface area contributed by atoms with Gasteiger partial charge in [0.15, 0.2) is 19.8 Å². The normalized spacial score (nSPS) is 12.7. The van der Waals surface area contributed by atoms with E-state index in [-0.39, 0.29) is 11.1 Å². The Morgan fingerprint density at radius 3 is 1.97 bits per heavy atom. The molecule has 1 unspecified atom stereocenters. The summed E-state index contributed by atoms with van der Waals surface area (Å²) in [7, 11) is 4.42. The first-order valence-electron chi connectivity index (χ1n) is 11.8. The molecule has 1 aromatic carbocycles. The van der Waals surface area contributed by atoms with E-state index in [1.807, 2.05) is 13.0 Å². The Bertz CT molecular complexity index is 966. The van der Waals surface area contributed by atoms with E-state index in [0.717, 1.165) is 17.8 Å². The molecule has 0 spiro atoms. The zero-order chi connectivity index (χ0) is 26.4. The summed E-state index contributed by atoms with van der Waals surface area (Å²) in [5.41, 5.74) is 1.56. The summed E-state index contributed by atoms with van der Waals surface area (Å²) in [5.74, 6) is 2.67. The quantitative estimate of drug-likeness (QED) is 0.330. The van der Waals surface area contributed by atoms with Crippen molar-refractivity contribution >= 4 is 14.0 Å². The minimum absolute atomic E-state index is 0.0951. The SMILES string of the molecule is CCC(CO[Si](C)(C)C(C)(C)C)Nc1cc(C)nc(Oc2c(OC)cc(OC)cc2OC)c1OC. The van der Waals surface area contributed by atoms with E-state index in [4.69, 9.17) is 28.1 Å². The van der Waals surface area contributed by atoms with Gasteiger partial charge in [0.1, 0.15) is 5.75 Å². The van der Waals surface area contributed by atoms with Crippen molar-refractivity contribution in [3.63, 3.8) is 0 Å². The second kappa shape index (κ2) is 11.9. The van der Waals surface area contributed by atoms with Crippen LogP contribution < -0.4 is 29.0 Å². The molecule has 1 aromatic heterocycles. The van der Waals surface area contributed by atoms with Crippen molar-refractivity contribution < 1.29 is 28.1 Å². The molecule has 8 nitrogen and oxygen atoms in total. The molecule has 9 heteroatoms. The third kappa shape index (κ3) is 6.95. The van der Waals surface area contributed by atoms with E-state index in [1.165, 1.54) is 0 Å². The molecule has 0 aliphatic rings. The van der Waals surface area contributed by atoms with Gasteiger partial charge in [0.2, 0.25) is 11.5 Å². The fourth-order valence-electron chi connectivity index (χ4n) is 3.18. The monoisotopic (exact) mass is 506 g/mol. The van der Waals surface area contributed by atoms with E-state index in [9.17, 15) is 0 Å². The third-order valence-corrected chi connectivity index (χ3v) is 10.9. The number of methoxy groups -OCH3 is 4. The maximum atomic E-state index is 6.47. The van der Waals surface area contributed by atoms with Crippen LogP contribution >= 0.6 is 0 Å².